The molecule has 4 rings (SSSR count). The Labute approximate surface area is 161 Å². The molecule has 0 aliphatic rings. The number of halogens is 1. The van der Waals surface area contributed by atoms with E-state index in [9.17, 15) is 4.79 Å². The van der Waals surface area contributed by atoms with E-state index in [1.165, 1.54) is 0 Å². The van der Waals surface area contributed by atoms with Gasteiger partial charge in [0, 0.05) is 23.6 Å². The van der Waals surface area contributed by atoms with E-state index in [-0.39, 0.29) is 5.91 Å². The van der Waals surface area contributed by atoms with Crippen LogP contribution in [0.3, 0.4) is 0 Å². The van der Waals surface area contributed by atoms with Crippen molar-refractivity contribution in [3.8, 4) is 0 Å². The van der Waals surface area contributed by atoms with E-state index in [1.807, 2.05) is 48.5 Å². The number of nitrogens with zero attached hydrogens (tertiary/aromatic N) is 1. The number of nitrogens with one attached hydrogen (secondary N) is 1. The third-order valence-corrected chi connectivity index (χ3v) is 4.51. The minimum Gasteiger partial charge on any atom is -0.440 e. The highest BCUT2D eigenvalue weighted by atomic mass is 35.5. The number of hydrogen-bond donors (Lipinski definition) is 1. The fourth-order valence-corrected chi connectivity index (χ4v) is 2.97. The molecule has 0 spiro atoms. The van der Waals surface area contributed by atoms with Crippen LogP contribution in [0.2, 0.25) is 5.02 Å². The maximum Gasteiger partial charge on any atom is 0.251 e. The molecular weight excluding hydrogens is 360 g/mol. The van der Waals surface area contributed by atoms with Crippen LogP contribution in [0.4, 0.5) is 0 Å². The van der Waals surface area contributed by atoms with Gasteiger partial charge in [-0.3, -0.25) is 4.79 Å². The Bertz CT molecular complexity index is 1070. The molecule has 0 radical (unpaired) electrons. The van der Waals surface area contributed by atoms with Gasteiger partial charge in [0.25, 0.3) is 5.91 Å². The van der Waals surface area contributed by atoms with Gasteiger partial charge in [-0.15, -0.1) is 0 Å². The molecule has 1 amide bonds. The summed E-state index contributed by atoms with van der Waals surface area (Å²) in [6, 6.07) is 22.7. The maximum atomic E-state index is 12.4. The zero-order chi connectivity index (χ0) is 18.6. The number of aromatic nitrogens is 1. The molecule has 4 aromatic rings. The van der Waals surface area contributed by atoms with Crippen LogP contribution in [-0.4, -0.2) is 10.9 Å². The second-order valence-electron chi connectivity index (χ2n) is 6.26. The van der Waals surface area contributed by atoms with Crippen LogP contribution in [0, 0.1) is 0 Å². The van der Waals surface area contributed by atoms with Crippen molar-refractivity contribution in [2.75, 3.05) is 0 Å². The molecule has 0 unspecified atom stereocenters. The fraction of sp³-hybridized carbons (Fsp3) is 0.0909. The van der Waals surface area contributed by atoms with Crippen LogP contribution < -0.4 is 5.32 Å². The lowest BCUT2D eigenvalue weighted by molar-refractivity contribution is 0.0951. The minimum absolute atomic E-state index is 0.159. The van der Waals surface area contributed by atoms with Crippen molar-refractivity contribution in [2.24, 2.45) is 0 Å². The second kappa shape index (κ2) is 7.64. The molecule has 1 heterocycles. The average Bonchev–Trinajstić information content (AvgIpc) is 3.09. The number of amides is 1. The van der Waals surface area contributed by atoms with Crippen molar-refractivity contribution in [2.45, 2.75) is 13.0 Å². The lowest BCUT2D eigenvalue weighted by Gasteiger charge is -2.05. The van der Waals surface area contributed by atoms with Crippen LogP contribution in [-0.2, 0) is 13.0 Å². The number of hydrogen-bond acceptors (Lipinski definition) is 3. The molecule has 3 aromatic carbocycles. The van der Waals surface area contributed by atoms with E-state index in [4.69, 9.17) is 16.0 Å². The zero-order valence-electron chi connectivity index (χ0n) is 14.5. The highest BCUT2D eigenvalue weighted by Gasteiger charge is 2.11. The zero-order valence-corrected chi connectivity index (χ0v) is 15.2. The van der Waals surface area contributed by atoms with E-state index in [0.29, 0.717) is 35.0 Å². The Morgan fingerprint density at radius 2 is 1.74 bits per heavy atom. The largest absolute Gasteiger partial charge is 0.440 e. The summed E-state index contributed by atoms with van der Waals surface area (Å²) in [5.41, 5.74) is 4.01. The molecular formula is C22H17ClN2O2. The van der Waals surface area contributed by atoms with E-state index in [2.05, 4.69) is 10.3 Å². The third kappa shape index (κ3) is 4.18. The summed E-state index contributed by atoms with van der Waals surface area (Å²) >= 11 is 5.88. The normalized spacial score (nSPS) is 10.9. The number of fused-ring (bicyclic) bond motifs is 1. The molecule has 0 saturated carbocycles. The van der Waals surface area contributed by atoms with Gasteiger partial charge in [0.05, 0.1) is 0 Å². The topological polar surface area (TPSA) is 55.1 Å². The predicted molar refractivity (Wildman–Crippen MR) is 106 cm³/mol. The number of carbonyl (C=O) groups is 1. The monoisotopic (exact) mass is 376 g/mol. The first-order chi connectivity index (χ1) is 13.2. The Kier molecular flexibility index (Phi) is 4.90. The van der Waals surface area contributed by atoms with Crippen LogP contribution in [0.25, 0.3) is 11.1 Å². The third-order valence-electron chi connectivity index (χ3n) is 4.26. The number of rotatable bonds is 5. The SMILES string of the molecule is O=C(NCc1ccc(Cl)cc1)c1ccc2nc(Cc3ccccc3)oc2c1. The number of benzene rings is 3. The van der Waals surface area contributed by atoms with Gasteiger partial charge < -0.3 is 9.73 Å². The average molecular weight is 377 g/mol. The van der Waals surface area contributed by atoms with Crippen LogP contribution >= 0.6 is 11.6 Å². The molecule has 4 nitrogen and oxygen atoms in total. The number of oxazole rings is 1. The first-order valence-electron chi connectivity index (χ1n) is 8.63. The van der Waals surface area contributed by atoms with Crippen LogP contribution in [0.1, 0.15) is 27.4 Å². The molecule has 0 aliphatic heterocycles. The minimum atomic E-state index is -0.159. The van der Waals surface area contributed by atoms with Gasteiger partial charge in [-0.2, -0.15) is 0 Å². The van der Waals surface area contributed by atoms with E-state index < -0.39 is 0 Å². The lowest BCUT2D eigenvalue weighted by atomic mass is 10.1. The Morgan fingerprint density at radius 3 is 2.52 bits per heavy atom. The molecule has 27 heavy (non-hydrogen) atoms. The van der Waals surface area contributed by atoms with Crippen molar-refractivity contribution >= 4 is 28.6 Å². The van der Waals surface area contributed by atoms with Gasteiger partial charge in [0.15, 0.2) is 11.5 Å². The summed E-state index contributed by atoms with van der Waals surface area (Å²) in [5.74, 6) is 0.475. The van der Waals surface area contributed by atoms with E-state index >= 15 is 0 Å². The fourth-order valence-electron chi connectivity index (χ4n) is 2.85. The predicted octanol–water partition coefficient (Wildman–Crippen LogP) is 5.00. The summed E-state index contributed by atoms with van der Waals surface area (Å²) in [5, 5.41) is 3.58. The molecule has 0 saturated heterocycles. The highest BCUT2D eigenvalue weighted by molar-refractivity contribution is 6.30. The Balaban J connectivity index is 1.47. The lowest BCUT2D eigenvalue weighted by Crippen LogP contribution is -2.22. The van der Waals surface area contributed by atoms with Gasteiger partial charge in [0.2, 0.25) is 0 Å². The van der Waals surface area contributed by atoms with Gasteiger partial charge in [-0.05, 0) is 41.5 Å². The van der Waals surface area contributed by atoms with Crippen molar-refractivity contribution in [3.63, 3.8) is 0 Å². The number of carbonyl (C=O) groups excluding carboxylic acids is 1. The maximum absolute atomic E-state index is 12.4. The molecule has 0 aliphatic carbocycles. The molecule has 0 bridgehead atoms. The van der Waals surface area contributed by atoms with Gasteiger partial charge in [0.1, 0.15) is 5.52 Å². The standard InChI is InChI=1S/C22H17ClN2O2/c23-18-9-6-16(7-10-18)14-24-22(26)17-8-11-19-20(13-17)27-21(25-19)12-15-4-2-1-3-5-15/h1-11,13H,12,14H2,(H,24,26). The molecule has 1 N–H and O–H groups in total. The first kappa shape index (κ1) is 17.3. The molecule has 1 aromatic heterocycles. The quantitative estimate of drug-likeness (QED) is 0.533. The van der Waals surface area contributed by atoms with Crippen molar-refractivity contribution in [1.29, 1.82) is 0 Å². The molecule has 0 atom stereocenters. The summed E-state index contributed by atoms with van der Waals surface area (Å²) in [6.45, 7) is 0.434. The highest BCUT2D eigenvalue weighted by Crippen LogP contribution is 2.19. The van der Waals surface area contributed by atoms with Gasteiger partial charge in [-0.1, -0.05) is 54.1 Å². The van der Waals surface area contributed by atoms with Gasteiger partial charge >= 0.3 is 0 Å². The van der Waals surface area contributed by atoms with Crippen LogP contribution in [0.15, 0.2) is 77.2 Å². The van der Waals surface area contributed by atoms with Crippen molar-refractivity contribution in [3.05, 3.63) is 100 Å². The summed E-state index contributed by atoms with van der Waals surface area (Å²) in [4.78, 5) is 16.9. The Morgan fingerprint density at radius 1 is 0.963 bits per heavy atom. The molecule has 134 valence electrons. The summed E-state index contributed by atoms with van der Waals surface area (Å²) < 4.78 is 5.83. The summed E-state index contributed by atoms with van der Waals surface area (Å²) in [6.07, 6.45) is 0.619. The second-order valence-corrected chi connectivity index (χ2v) is 6.70. The van der Waals surface area contributed by atoms with E-state index in [0.717, 1.165) is 16.6 Å². The van der Waals surface area contributed by atoms with Crippen molar-refractivity contribution < 1.29 is 9.21 Å². The Hall–Kier alpha value is -3.11. The van der Waals surface area contributed by atoms with Crippen molar-refractivity contribution in [1.82, 2.24) is 10.3 Å². The smallest absolute Gasteiger partial charge is 0.251 e. The van der Waals surface area contributed by atoms with Crippen LogP contribution in [0.5, 0.6) is 0 Å². The first-order valence-corrected chi connectivity index (χ1v) is 9.01. The molecule has 5 heteroatoms. The summed E-state index contributed by atoms with van der Waals surface area (Å²) in [7, 11) is 0. The molecule has 0 fully saturated rings. The van der Waals surface area contributed by atoms with Gasteiger partial charge in [-0.25, -0.2) is 4.98 Å². The van der Waals surface area contributed by atoms with E-state index in [1.54, 1.807) is 24.3 Å².